The van der Waals surface area contributed by atoms with Crippen molar-refractivity contribution in [1.82, 2.24) is 15.1 Å². The number of hydrogen-bond acceptors (Lipinski definition) is 4. The number of nitrogens with zero attached hydrogens (tertiary/aromatic N) is 2. The lowest BCUT2D eigenvalue weighted by Gasteiger charge is -2.31. The van der Waals surface area contributed by atoms with E-state index in [0.29, 0.717) is 6.42 Å². The number of aromatic amines is 1. The fourth-order valence-corrected chi connectivity index (χ4v) is 3.31. The van der Waals surface area contributed by atoms with Gasteiger partial charge in [-0.15, -0.1) is 0 Å². The number of amides is 2. The summed E-state index contributed by atoms with van der Waals surface area (Å²) < 4.78 is 5.14. The minimum absolute atomic E-state index is 0.182. The first-order chi connectivity index (χ1) is 12.6. The van der Waals surface area contributed by atoms with Crippen LogP contribution in [-0.2, 0) is 11.2 Å². The molecule has 138 valence electrons. The summed E-state index contributed by atoms with van der Waals surface area (Å²) in [7, 11) is 1.64. The van der Waals surface area contributed by atoms with Gasteiger partial charge in [0.1, 0.15) is 11.4 Å². The van der Waals surface area contributed by atoms with E-state index in [1.807, 2.05) is 29.2 Å². The number of aromatic nitrogens is 2. The van der Waals surface area contributed by atoms with Gasteiger partial charge in [-0.2, -0.15) is 5.10 Å². The lowest BCUT2D eigenvalue weighted by Crippen LogP contribution is -2.38. The smallest absolute Gasteiger partial charge is 0.269 e. The normalized spacial score (nSPS) is 15.0. The Morgan fingerprint density at radius 3 is 2.54 bits per heavy atom. The van der Waals surface area contributed by atoms with Crippen molar-refractivity contribution in [2.24, 2.45) is 5.73 Å². The first-order valence-electron chi connectivity index (χ1n) is 8.82. The highest BCUT2D eigenvalue weighted by Gasteiger charge is 2.25. The number of methoxy groups -OCH3 is 1. The highest BCUT2D eigenvalue weighted by molar-refractivity contribution is 5.90. The van der Waals surface area contributed by atoms with E-state index in [1.54, 1.807) is 13.2 Å². The standard InChI is InChI=1S/C19H24N4O3/c1-26-15-5-2-13(3-6-15)4-7-18(24)23-10-8-14(9-11-23)16-12-17(19(20)25)22-21-16/h2-3,5-6,12,14H,4,7-11H2,1H3,(H2,20,25)(H,21,22). The molecular weight excluding hydrogens is 332 g/mol. The second kappa shape index (κ2) is 8.03. The van der Waals surface area contributed by atoms with Crippen molar-refractivity contribution < 1.29 is 14.3 Å². The molecule has 7 nitrogen and oxygen atoms in total. The van der Waals surface area contributed by atoms with Crippen LogP contribution in [0.1, 0.15) is 46.9 Å². The van der Waals surface area contributed by atoms with Gasteiger partial charge in [0.2, 0.25) is 5.91 Å². The fraction of sp³-hybridized carbons (Fsp3) is 0.421. The number of H-pyrrole nitrogens is 1. The summed E-state index contributed by atoms with van der Waals surface area (Å²) in [6.45, 7) is 1.44. The van der Waals surface area contributed by atoms with E-state index in [-0.39, 0.29) is 17.5 Å². The molecule has 2 amide bonds. The Morgan fingerprint density at radius 2 is 1.96 bits per heavy atom. The van der Waals surface area contributed by atoms with E-state index in [1.165, 1.54) is 0 Å². The van der Waals surface area contributed by atoms with Crippen LogP contribution in [-0.4, -0.2) is 47.1 Å². The fourth-order valence-electron chi connectivity index (χ4n) is 3.31. The Morgan fingerprint density at radius 1 is 1.27 bits per heavy atom. The molecule has 2 heterocycles. The molecule has 0 aliphatic carbocycles. The van der Waals surface area contributed by atoms with Gasteiger partial charge in [0.25, 0.3) is 5.91 Å². The van der Waals surface area contributed by atoms with E-state index < -0.39 is 5.91 Å². The average Bonchev–Trinajstić information content (AvgIpc) is 3.17. The first kappa shape index (κ1) is 18.0. The zero-order valence-corrected chi connectivity index (χ0v) is 14.9. The number of carbonyl (C=O) groups excluding carboxylic acids is 2. The number of rotatable bonds is 6. The van der Waals surface area contributed by atoms with E-state index in [2.05, 4.69) is 10.2 Å². The molecule has 1 aromatic heterocycles. The van der Waals surface area contributed by atoms with Crippen LogP contribution in [0.15, 0.2) is 30.3 Å². The number of nitrogens with one attached hydrogen (secondary N) is 1. The van der Waals surface area contributed by atoms with Crippen molar-refractivity contribution in [3.63, 3.8) is 0 Å². The van der Waals surface area contributed by atoms with E-state index in [4.69, 9.17) is 10.5 Å². The average molecular weight is 356 g/mol. The largest absolute Gasteiger partial charge is 0.497 e. The minimum Gasteiger partial charge on any atom is -0.497 e. The van der Waals surface area contributed by atoms with Gasteiger partial charge in [-0.25, -0.2) is 0 Å². The molecule has 1 aliphatic heterocycles. The monoisotopic (exact) mass is 356 g/mol. The van der Waals surface area contributed by atoms with Crippen LogP contribution >= 0.6 is 0 Å². The van der Waals surface area contributed by atoms with Gasteiger partial charge < -0.3 is 15.4 Å². The van der Waals surface area contributed by atoms with Crippen molar-refractivity contribution in [3.05, 3.63) is 47.3 Å². The number of nitrogens with two attached hydrogens (primary N) is 1. The Balaban J connectivity index is 1.47. The quantitative estimate of drug-likeness (QED) is 0.825. The molecule has 7 heteroatoms. The number of hydrogen-bond donors (Lipinski definition) is 2. The molecule has 0 spiro atoms. The van der Waals surface area contributed by atoms with Crippen LogP contribution < -0.4 is 10.5 Å². The van der Waals surface area contributed by atoms with Crippen molar-refractivity contribution in [3.8, 4) is 5.75 Å². The zero-order valence-electron chi connectivity index (χ0n) is 14.9. The molecule has 1 fully saturated rings. The molecule has 3 N–H and O–H groups in total. The van der Waals surface area contributed by atoms with Gasteiger partial charge in [-0.1, -0.05) is 12.1 Å². The van der Waals surface area contributed by atoms with Crippen LogP contribution in [0.5, 0.6) is 5.75 Å². The summed E-state index contributed by atoms with van der Waals surface area (Å²) >= 11 is 0. The van der Waals surface area contributed by atoms with E-state index in [9.17, 15) is 9.59 Å². The number of carbonyl (C=O) groups is 2. The van der Waals surface area contributed by atoms with Crippen LogP contribution in [0.3, 0.4) is 0 Å². The third-order valence-corrected chi connectivity index (χ3v) is 4.92. The zero-order chi connectivity index (χ0) is 18.5. The van der Waals surface area contributed by atoms with Crippen LogP contribution in [0.4, 0.5) is 0 Å². The number of benzene rings is 1. The van der Waals surface area contributed by atoms with Gasteiger partial charge in [0, 0.05) is 31.1 Å². The molecule has 26 heavy (non-hydrogen) atoms. The maximum atomic E-state index is 12.5. The Labute approximate surface area is 152 Å². The summed E-state index contributed by atoms with van der Waals surface area (Å²) in [6, 6.07) is 9.53. The van der Waals surface area contributed by atoms with Crippen molar-refractivity contribution in [2.75, 3.05) is 20.2 Å². The predicted octanol–water partition coefficient (Wildman–Crippen LogP) is 1.86. The molecule has 0 unspecified atom stereocenters. The summed E-state index contributed by atoms with van der Waals surface area (Å²) in [5.41, 5.74) is 7.55. The summed E-state index contributed by atoms with van der Waals surface area (Å²) in [5, 5.41) is 6.82. The third kappa shape index (κ3) is 4.22. The summed E-state index contributed by atoms with van der Waals surface area (Å²) in [6.07, 6.45) is 2.95. The second-order valence-electron chi connectivity index (χ2n) is 6.58. The van der Waals surface area contributed by atoms with Gasteiger partial charge in [-0.3, -0.25) is 14.7 Å². The van der Waals surface area contributed by atoms with Gasteiger partial charge in [0.15, 0.2) is 0 Å². The maximum Gasteiger partial charge on any atom is 0.269 e. The topological polar surface area (TPSA) is 101 Å². The molecule has 1 aliphatic rings. The minimum atomic E-state index is -0.529. The summed E-state index contributed by atoms with van der Waals surface area (Å²) in [4.78, 5) is 25.5. The van der Waals surface area contributed by atoms with Gasteiger partial charge in [0.05, 0.1) is 7.11 Å². The molecule has 1 aromatic carbocycles. The Hall–Kier alpha value is -2.83. The molecule has 3 rings (SSSR count). The SMILES string of the molecule is COc1ccc(CCC(=O)N2CCC(c3cc(C(N)=O)n[nH]3)CC2)cc1. The van der Waals surface area contributed by atoms with Crippen LogP contribution in [0.2, 0.25) is 0 Å². The second-order valence-corrected chi connectivity index (χ2v) is 6.58. The number of piperidine rings is 1. The van der Waals surface area contributed by atoms with E-state index in [0.717, 1.165) is 49.4 Å². The first-order valence-corrected chi connectivity index (χ1v) is 8.82. The summed E-state index contributed by atoms with van der Waals surface area (Å²) in [5.74, 6) is 0.752. The number of aryl methyl sites for hydroxylation is 1. The Kier molecular flexibility index (Phi) is 5.55. The highest BCUT2D eigenvalue weighted by atomic mass is 16.5. The number of ether oxygens (including phenoxy) is 1. The molecule has 0 bridgehead atoms. The third-order valence-electron chi connectivity index (χ3n) is 4.92. The molecule has 2 aromatic rings. The molecule has 1 saturated heterocycles. The molecule has 0 radical (unpaired) electrons. The molecule has 0 saturated carbocycles. The van der Waals surface area contributed by atoms with Crippen molar-refractivity contribution in [2.45, 2.75) is 31.6 Å². The predicted molar refractivity (Wildman–Crippen MR) is 97.0 cm³/mol. The maximum absolute atomic E-state index is 12.5. The van der Waals surface area contributed by atoms with Crippen molar-refractivity contribution in [1.29, 1.82) is 0 Å². The van der Waals surface area contributed by atoms with Gasteiger partial charge in [-0.05, 0) is 43.0 Å². The highest BCUT2D eigenvalue weighted by Crippen LogP contribution is 2.27. The van der Waals surface area contributed by atoms with E-state index >= 15 is 0 Å². The Bertz CT molecular complexity index is 761. The van der Waals surface area contributed by atoms with Crippen molar-refractivity contribution >= 4 is 11.8 Å². The van der Waals surface area contributed by atoms with Crippen LogP contribution in [0.25, 0.3) is 0 Å². The lowest BCUT2D eigenvalue weighted by molar-refractivity contribution is -0.132. The lowest BCUT2D eigenvalue weighted by atomic mass is 9.93. The molecular formula is C19H24N4O3. The molecule has 0 atom stereocenters. The van der Waals surface area contributed by atoms with Crippen LogP contribution in [0, 0.1) is 0 Å². The van der Waals surface area contributed by atoms with Gasteiger partial charge >= 0.3 is 0 Å². The number of likely N-dealkylation sites (tertiary alicyclic amines) is 1. The number of primary amides is 1.